The first-order chi connectivity index (χ1) is 18.2. The van der Waals surface area contributed by atoms with Crippen LogP contribution < -0.4 is 20.7 Å². The van der Waals surface area contributed by atoms with E-state index in [1.807, 2.05) is 27.0 Å². The van der Waals surface area contributed by atoms with Gasteiger partial charge in [-0.15, -0.1) is 0 Å². The molecule has 0 radical (unpaired) electrons. The first-order valence-electron chi connectivity index (χ1n) is 12.0. The third-order valence-corrected chi connectivity index (χ3v) is 7.12. The summed E-state index contributed by atoms with van der Waals surface area (Å²) in [6.45, 7) is 4.01. The molecule has 5 heterocycles. The fraction of sp³-hybridized carbons (Fsp3) is 0.269. The van der Waals surface area contributed by atoms with Gasteiger partial charge in [0.15, 0.2) is 11.1 Å². The van der Waals surface area contributed by atoms with Gasteiger partial charge >= 0.3 is 6.03 Å². The number of anilines is 2. The highest BCUT2D eigenvalue weighted by Gasteiger charge is 2.53. The molecule has 4 amide bonds. The lowest BCUT2D eigenvalue weighted by Gasteiger charge is -2.28. The van der Waals surface area contributed by atoms with Crippen molar-refractivity contribution >= 4 is 40.5 Å². The topological polar surface area (TPSA) is 144 Å². The fourth-order valence-corrected chi connectivity index (χ4v) is 5.02. The number of fused-ring (bicyclic) bond motifs is 2. The van der Waals surface area contributed by atoms with Crippen molar-refractivity contribution in [3.05, 3.63) is 64.7 Å². The summed E-state index contributed by atoms with van der Waals surface area (Å²) in [5, 5.41) is 12.7. The van der Waals surface area contributed by atoms with Gasteiger partial charge in [-0.3, -0.25) is 19.6 Å². The van der Waals surface area contributed by atoms with Crippen molar-refractivity contribution in [1.82, 2.24) is 30.3 Å². The Morgan fingerprint density at radius 1 is 1.16 bits per heavy atom. The normalized spacial score (nSPS) is 18.6. The first kappa shape index (κ1) is 23.5. The predicted molar refractivity (Wildman–Crippen MR) is 136 cm³/mol. The lowest BCUT2D eigenvalue weighted by Crippen LogP contribution is -2.52. The number of nitrogens with zero attached hydrogens (tertiary/aromatic N) is 4. The van der Waals surface area contributed by atoms with Gasteiger partial charge in [-0.1, -0.05) is 6.07 Å². The largest absolute Gasteiger partial charge is 0.497 e. The quantitative estimate of drug-likeness (QED) is 0.333. The molecular formula is C26H25N7O5. The molecule has 12 heteroatoms. The van der Waals surface area contributed by atoms with Crippen LogP contribution in [-0.2, 0) is 23.9 Å². The Bertz CT molecular complexity index is 1660. The molecule has 194 valence electrons. The summed E-state index contributed by atoms with van der Waals surface area (Å²) in [5.74, 6) is 0.427. The molecule has 3 aromatic heterocycles. The van der Waals surface area contributed by atoms with Crippen molar-refractivity contribution in [2.24, 2.45) is 7.05 Å². The Morgan fingerprint density at radius 2 is 1.97 bits per heavy atom. The number of methoxy groups -OCH3 is 1. The zero-order valence-electron chi connectivity index (χ0n) is 21.2. The van der Waals surface area contributed by atoms with Crippen molar-refractivity contribution in [3.63, 3.8) is 0 Å². The maximum Gasteiger partial charge on any atom is 0.322 e. The Morgan fingerprint density at radius 3 is 2.66 bits per heavy atom. The van der Waals surface area contributed by atoms with E-state index in [9.17, 15) is 14.4 Å². The van der Waals surface area contributed by atoms with E-state index in [1.165, 1.54) is 12.0 Å². The third-order valence-electron chi connectivity index (χ3n) is 7.12. The average Bonchev–Trinajstić information content (AvgIpc) is 3.60. The molecule has 0 bridgehead atoms. The Hall–Kier alpha value is -4.87. The SMILES string of the molecule is COc1ccc2c(c1)C(=O)N(C[C@@]1(c3cc4nc(Nc5c(C)nn(C)c5C)ccc4o3)NC(=O)NC1=O)C2. The number of benzene rings is 1. The van der Waals surface area contributed by atoms with Crippen LogP contribution in [0.2, 0.25) is 0 Å². The summed E-state index contributed by atoms with van der Waals surface area (Å²) in [5.41, 5.74) is 3.23. The van der Waals surface area contributed by atoms with Crippen molar-refractivity contribution in [1.29, 1.82) is 0 Å². The third kappa shape index (κ3) is 3.56. The highest BCUT2D eigenvalue weighted by Crippen LogP contribution is 2.35. The van der Waals surface area contributed by atoms with Crippen LogP contribution in [0.1, 0.15) is 33.1 Å². The number of aryl methyl sites for hydroxylation is 2. The van der Waals surface area contributed by atoms with Gasteiger partial charge < -0.3 is 24.7 Å². The van der Waals surface area contributed by atoms with Crippen LogP contribution in [0, 0.1) is 13.8 Å². The van der Waals surface area contributed by atoms with E-state index in [0.29, 0.717) is 28.2 Å². The molecule has 4 aromatic rings. The summed E-state index contributed by atoms with van der Waals surface area (Å²) < 4.78 is 13.1. The van der Waals surface area contributed by atoms with Gasteiger partial charge in [0.1, 0.15) is 22.8 Å². The summed E-state index contributed by atoms with van der Waals surface area (Å²) in [4.78, 5) is 44.9. The van der Waals surface area contributed by atoms with E-state index in [4.69, 9.17) is 9.15 Å². The minimum Gasteiger partial charge on any atom is -0.497 e. The molecule has 0 aliphatic carbocycles. The molecule has 1 aromatic carbocycles. The number of ether oxygens (including phenoxy) is 1. The maximum atomic E-state index is 13.2. The Labute approximate surface area is 216 Å². The van der Waals surface area contributed by atoms with Crippen LogP contribution in [-0.4, -0.2) is 51.2 Å². The van der Waals surface area contributed by atoms with E-state index in [1.54, 1.807) is 35.0 Å². The monoisotopic (exact) mass is 515 g/mol. The standard InChI is InChI=1S/C26H25N7O5/c1-13-22(14(2)32(3)31-13)28-21-8-7-19-18(27-21)10-20(38-19)26(24(35)29-25(36)30-26)12-33-11-15-5-6-16(37-4)9-17(15)23(33)34/h5-10H,11-12H2,1-4H3,(H,27,28)(H2,29,30,35,36)/t26-/m0/s1. The fourth-order valence-electron chi connectivity index (χ4n) is 5.02. The zero-order valence-corrected chi connectivity index (χ0v) is 21.2. The number of imide groups is 1. The molecule has 1 fully saturated rings. The number of nitrogens with one attached hydrogen (secondary N) is 3. The van der Waals surface area contributed by atoms with Crippen LogP contribution in [0.3, 0.4) is 0 Å². The molecule has 2 aliphatic rings. The molecule has 2 aliphatic heterocycles. The molecule has 0 saturated carbocycles. The second-order valence-electron chi connectivity index (χ2n) is 9.48. The predicted octanol–water partition coefficient (Wildman–Crippen LogP) is 2.62. The molecule has 3 N–H and O–H groups in total. The number of furan rings is 1. The van der Waals surface area contributed by atoms with Gasteiger partial charge in [0.05, 0.1) is 30.7 Å². The average molecular weight is 516 g/mol. The lowest BCUT2D eigenvalue weighted by molar-refractivity contribution is -0.125. The lowest BCUT2D eigenvalue weighted by atomic mass is 9.95. The van der Waals surface area contributed by atoms with E-state index in [0.717, 1.165) is 22.6 Å². The van der Waals surface area contributed by atoms with Crippen molar-refractivity contribution in [2.45, 2.75) is 25.9 Å². The van der Waals surface area contributed by atoms with Gasteiger partial charge in [0, 0.05) is 25.2 Å². The molecule has 0 unspecified atom stereocenters. The van der Waals surface area contributed by atoms with Gasteiger partial charge in [-0.05, 0) is 43.7 Å². The number of rotatable bonds is 6. The van der Waals surface area contributed by atoms with Crippen LogP contribution in [0.15, 0.2) is 40.8 Å². The summed E-state index contributed by atoms with van der Waals surface area (Å²) in [6.07, 6.45) is 0. The van der Waals surface area contributed by atoms with Gasteiger partial charge in [0.2, 0.25) is 0 Å². The molecule has 0 spiro atoms. The highest BCUT2D eigenvalue weighted by atomic mass is 16.5. The van der Waals surface area contributed by atoms with Crippen LogP contribution in [0.25, 0.3) is 11.1 Å². The minimum atomic E-state index is -1.62. The van der Waals surface area contributed by atoms with E-state index >= 15 is 0 Å². The molecule has 6 rings (SSSR count). The number of carbonyl (C=O) groups excluding carboxylic acids is 3. The molecule has 12 nitrogen and oxygen atoms in total. The molecule has 1 saturated heterocycles. The smallest absolute Gasteiger partial charge is 0.322 e. The van der Waals surface area contributed by atoms with E-state index in [2.05, 4.69) is 26.0 Å². The number of aromatic nitrogens is 3. The van der Waals surface area contributed by atoms with Gasteiger partial charge in [0.25, 0.3) is 11.8 Å². The number of carbonyl (C=O) groups is 3. The highest BCUT2D eigenvalue weighted by molar-refractivity contribution is 6.08. The minimum absolute atomic E-state index is 0.126. The number of hydrogen-bond acceptors (Lipinski definition) is 8. The Kier molecular flexibility index (Phi) is 5.16. The van der Waals surface area contributed by atoms with E-state index in [-0.39, 0.29) is 24.8 Å². The summed E-state index contributed by atoms with van der Waals surface area (Å²) in [7, 11) is 3.40. The van der Waals surface area contributed by atoms with Crippen molar-refractivity contribution in [2.75, 3.05) is 19.0 Å². The maximum absolute atomic E-state index is 13.2. The van der Waals surface area contributed by atoms with Gasteiger partial charge in [-0.2, -0.15) is 5.10 Å². The number of amides is 4. The number of urea groups is 1. The zero-order chi connectivity index (χ0) is 26.8. The second-order valence-corrected chi connectivity index (χ2v) is 9.48. The Balaban J connectivity index is 1.34. The van der Waals surface area contributed by atoms with Crippen LogP contribution in [0.5, 0.6) is 5.75 Å². The van der Waals surface area contributed by atoms with Crippen LogP contribution >= 0.6 is 0 Å². The number of hydrogen-bond donors (Lipinski definition) is 3. The van der Waals surface area contributed by atoms with Crippen molar-refractivity contribution in [3.8, 4) is 5.75 Å². The molecular weight excluding hydrogens is 490 g/mol. The first-order valence-corrected chi connectivity index (χ1v) is 12.0. The molecule has 1 atom stereocenters. The van der Waals surface area contributed by atoms with E-state index < -0.39 is 17.5 Å². The second kappa shape index (κ2) is 8.33. The number of pyridine rings is 1. The van der Waals surface area contributed by atoms with Crippen molar-refractivity contribution < 1.29 is 23.5 Å². The summed E-state index contributed by atoms with van der Waals surface area (Å²) in [6, 6.07) is 9.71. The molecule has 38 heavy (non-hydrogen) atoms. The van der Waals surface area contributed by atoms with Crippen LogP contribution in [0.4, 0.5) is 16.3 Å². The van der Waals surface area contributed by atoms with Gasteiger partial charge in [-0.25, -0.2) is 9.78 Å². The summed E-state index contributed by atoms with van der Waals surface area (Å²) >= 11 is 0.